The van der Waals surface area contributed by atoms with Gasteiger partial charge in [-0.1, -0.05) is 33.6 Å². The molecule has 2 rings (SSSR count). The molecule has 3 heteroatoms. The summed E-state index contributed by atoms with van der Waals surface area (Å²) >= 11 is 0. The molecule has 2 heterocycles. The van der Waals surface area contributed by atoms with E-state index in [2.05, 4.69) is 27.7 Å². The van der Waals surface area contributed by atoms with Crippen LogP contribution in [0.15, 0.2) is 0 Å². The summed E-state index contributed by atoms with van der Waals surface area (Å²) in [6, 6.07) is 0. The average molecular weight is 242 g/mol. The zero-order valence-corrected chi connectivity index (χ0v) is 11.6. The lowest BCUT2D eigenvalue weighted by atomic mass is 9.73. The maximum Gasteiger partial charge on any atom is 0.196 e. The van der Waals surface area contributed by atoms with Gasteiger partial charge in [0, 0.05) is 5.41 Å². The van der Waals surface area contributed by atoms with Crippen molar-refractivity contribution in [1.29, 1.82) is 0 Å². The third-order valence-electron chi connectivity index (χ3n) is 4.50. The molecule has 0 radical (unpaired) electrons. The van der Waals surface area contributed by atoms with Crippen molar-refractivity contribution in [3.8, 4) is 0 Å². The van der Waals surface area contributed by atoms with Crippen LogP contribution in [0.3, 0.4) is 0 Å². The molecule has 0 saturated carbocycles. The Hall–Kier alpha value is -0.120. The molecule has 0 spiro atoms. The van der Waals surface area contributed by atoms with E-state index in [-0.39, 0.29) is 17.3 Å². The van der Waals surface area contributed by atoms with Crippen molar-refractivity contribution < 1.29 is 14.5 Å². The van der Waals surface area contributed by atoms with Crippen LogP contribution in [-0.2, 0) is 14.5 Å². The van der Waals surface area contributed by atoms with Crippen LogP contribution in [0, 0.1) is 11.3 Å². The fraction of sp³-hybridized carbons (Fsp3) is 1.00. The Kier molecular flexibility index (Phi) is 3.81. The lowest BCUT2D eigenvalue weighted by Crippen LogP contribution is -2.48. The SMILES string of the molecule is CCC(CC)C[C@@]1(C)C[C@@]2(C)CCO[C@H]2OO1. The van der Waals surface area contributed by atoms with Crippen molar-refractivity contribution in [2.24, 2.45) is 11.3 Å². The molecular weight excluding hydrogens is 216 g/mol. The molecule has 0 bridgehead atoms. The molecule has 2 fully saturated rings. The molecule has 0 aromatic heterocycles. The van der Waals surface area contributed by atoms with Crippen molar-refractivity contribution in [2.45, 2.75) is 71.7 Å². The molecule has 2 aliphatic rings. The zero-order valence-electron chi connectivity index (χ0n) is 11.6. The van der Waals surface area contributed by atoms with Gasteiger partial charge >= 0.3 is 0 Å². The van der Waals surface area contributed by atoms with Crippen LogP contribution < -0.4 is 0 Å². The van der Waals surface area contributed by atoms with Gasteiger partial charge in [-0.05, 0) is 32.1 Å². The number of hydrogen-bond acceptors (Lipinski definition) is 3. The first-order chi connectivity index (χ1) is 8.01. The highest BCUT2D eigenvalue weighted by atomic mass is 17.2. The smallest absolute Gasteiger partial charge is 0.196 e. The van der Waals surface area contributed by atoms with E-state index in [1.54, 1.807) is 0 Å². The molecule has 0 N–H and O–H groups in total. The van der Waals surface area contributed by atoms with Gasteiger partial charge < -0.3 is 4.74 Å². The first-order valence-corrected chi connectivity index (χ1v) is 6.97. The second-order valence-electron chi connectivity index (χ2n) is 6.30. The molecule has 100 valence electrons. The molecule has 0 aromatic rings. The highest BCUT2D eigenvalue weighted by Crippen LogP contribution is 2.49. The molecule has 0 unspecified atom stereocenters. The van der Waals surface area contributed by atoms with Crippen molar-refractivity contribution in [3.63, 3.8) is 0 Å². The highest BCUT2D eigenvalue weighted by Gasteiger charge is 2.52. The number of rotatable bonds is 4. The van der Waals surface area contributed by atoms with Gasteiger partial charge in [-0.3, -0.25) is 0 Å². The van der Waals surface area contributed by atoms with Gasteiger partial charge in [-0.25, -0.2) is 9.78 Å². The molecule has 17 heavy (non-hydrogen) atoms. The second-order valence-corrected chi connectivity index (χ2v) is 6.30. The van der Waals surface area contributed by atoms with E-state index in [1.165, 1.54) is 12.8 Å². The Balaban J connectivity index is 2.01. The van der Waals surface area contributed by atoms with Crippen molar-refractivity contribution in [1.82, 2.24) is 0 Å². The van der Waals surface area contributed by atoms with E-state index < -0.39 is 0 Å². The maximum absolute atomic E-state index is 5.65. The maximum atomic E-state index is 5.65. The van der Waals surface area contributed by atoms with E-state index in [0.29, 0.717) is 0 Å². The van der Waals surface area contributed by atoms with Gasteiger partial charge in [0.2, 0.25) is 0 Å². The fourth-order valence-electron chi connectivity index (χ4n) is 3.37. The first-order valence-electron chi connectivity index (χ1n) is 6.97. The normalized spacial score (nSPS) is 41.8. The van der Waals surface area contributed by atoms with Crippen LogP contribution in [0.25, 0.3) is 0 Å². The monoisotopic (exact) mass is 242 g/mol. The zero-order chi connectivity index (χ0) is 12.5. The number of fused-ring (bicyclic) bond motifs is 1. The summed E-state index contributed by atoms with van der Waals surface area (Å²) in [5, 5.41) is 0. The molecule has 2 aliphatic heterocycles. The van der Waals surface area contributed by atoms with E-state index in [1.807, 2.05) is 0 Å². The topological polar surface area (TPSA) is 27.7 Å². The molecule has 3 nitrogen and oxygen atoms in total. The van der Waals surface area contributed by atoms with Gasteiger partial charge in [0.15, 0.2) is 6.29 Å². The summed E-state index contributed by atoms with van der Waals surface area (Å²) in [5.41, 5.74) is -0.00529. The third-order valence-corrected chi connectivity index (χ3v) is 4.50. The molecule has 3 atom stereocenters. The van der Waals surface area contributed by atoms with Crippen molar-refractivity contribution >= 4 is 0 Å². The molecule has 0 amide bonds. The molecule has 2 saturated heterocycles. The summed E-state index contributed by atoms with van der Waals surface area (Å²) in [6.45, 7) is 9.75. The summed E-state index contributed by atoms with van der Waals surface area (Å²) in [6.07, 6.45) is 5.48. The van der Waals surface area contributed by atoms with Crippen molar-refractivity contribution in [2.75, 3.05) is 6.61 Å². The van der Waals surface area contributed by atoms with Crippen LogP contribution in [0.1, 0.15) is 59.8 Å². The lowest BCUT2D eigenvalue weighted by molar-refractivity contribution is -0.463. The van der Waals surface area contributed by atoms with Gasteiger partial charge in [0.05, 0.1) is 6.61 Å². The van der Waals surface area contributed by atoms with Crippen LogP contribution in [0.4, 0.5) is 0 Å². The van der Waals surface area contributed by atoms with Gasteiger partial charge in [0.25, 0.3) is 0 Å². The van der Waals surface area contributed by atoms with Gasteiger partial charge in [-0.15, -0.1) is 0 Å². The van der Waals surface area contributed by atoms with Crippen LogP contribution in [0.5, 0.6) is 0 Å². The van der Waals surface area contributed by atoms with E-state index >= 15 is 0 Å². The van der Waals surface area contributed by atoms with E-state index in [9.17, 15) is 0 Å². The molecule has 0 aliphatic carbocycles. The van der Waals surface area contributed by atoms with Gasteiger partial charge in [0.1, 0.15) is 5.60 Å². The summed E-state index contributed by atoms with van der Waals surface area (Å²) in [4.78, 5) is 11.1. The predicted octanol–water partition coefficient (Wildman–Crippen LogP) is 3.68. The summed E-state index contributed by atoms with van der Waals surface area (Å²) in [5.74, 6) is 0.728. The van der Waals surface area contributed by atoms with Crippen LogP contribution in [-0.4, -0.2) is 18.5 Å². The molecular formula is C14H26O3. The van der Waals surface area contributed by atoms with E-state index in [4.69, 9.17) is 14.5 Å². The van der Waals surface area contributed by atoms with Crippen molar-refractivity contribution in [3.05, 3.63) is 0 Å². The van der Waals surface area contributed by atoms with E-state index in [0.717, 1.165) is 31.8 Å². The Bertz CT molecular complexity index is 264. The highest BCUT2D eigenvalue weighted by molar-refractivity contribution is 4.93. The lowest BCUT2D eigenvalue weighted by Gasteiger charge is -2.44. The van der Waals surface area contributed by atoms with Crippen LogP contribution in [0.2, 0.25) is 0 Å². The largest absolute Gasteiger partial charge is 0.349 e. The predicted molar refractivity (Wildman–Crippen MR) is 66.3 cm³/mol. The fourth-order valence-corrected chi connectivity index (χ4v) is 3.37. The Morgan fingerprint density at radius 1 is 1.24 bits per heavy atom. The Labute approximate surface area is 105 Å². The van der Waals surface area contributed by atoms with Crippen LogP contribution >= 0.6 is 0 Å². The molecule has 0 aromatic carbocycles. The Morgan fingerprint density at radius 2 is 1.94 bits per heavy atom. The minimum Gasteiger partial charge on any atom is -0.349 e. The Morgan fingerprint density at radius 3 is 2.59 bits per heavy atom. The van der Waals surface area contributed by atoms with Gasteiger partial charge in [-0.2, -0.15) is 0 Å². The quantitative estimate of drug-likeness (QED) is 0.704. The summed E-state index contributed by atoms with van der Waals surface area (Å²) in [7, 11) is 0. The first kappa shape index (κ1) is 13.3. The number of hydrogen-bond donors (Lipinski definition) is 0. The minimum absolute atomic E-state index is 0.138. The minimum atomic E-state index is -0.155. The number of ether oxygens (including phenoxy) is 1. The third kappa shape index (κ3) is 2.67. The summed E-state index contributed by atoms with van der Waals surface area (Å²) < 4.78 is 5.56. The standard InChI is InChI=1S/C14H26O3/c1-5-11(6-2)9-14(4)10-13(3)7-8-15-12(13)16-17-14/h11-12H,5-10H2,1-4H3/t12-,13+,14-/m0/s1. The average Bonchev–Trinajstić information content (AvgIpc) is 2.66. The second kappa shape index (κ2) is 4.87.